The lowest BCUT2D eigenvalue weighted by Crippen LogP contribution is -2.20. The van der Waals surface area contributed by atoms with Crippen molar-refractivity contribution >= 4 is 23.5 Å². The highest BCUT2D eigenvalue weighted by Gasteiger charge is 2.16. The van der Waals surface area contributed by atoms with E-state index in [4.69, 9.17) is 9.15 Å². The van der Waals surface area contributed by atoms with E-state index in [2.05, 4.69) is 15.0 Å². The van der Waals surface area contributed by atoms with Crippen LogP contribution in [0.3, 0.4) is 0 Å². The molecule has 0 bridgehead atoms. The Labute approximate surface area is 147 Å². The molecule has 1 aromatic carbocycles. The van der Waals surface area contributed by atoms with Gasteiger partial charge < -0.3 is 19.0 Å². The summed E-state index contributed by atoms with van der Waals surface area (Å²) in [5.74, 6) is -0.737. The molecular weight excluding hydrogens is 340 g/mol. The van der Waals surface area contributed by atoms with Gasteiger partial charge in [0.05, 0.1) is 0 Å². The molecule has 0 saturated heterocycles. The first-order valence-corrected chi connectivity index (χ1v) is 7.61. The fourth-order valence-corrected chi connectivity index (χ4v) is 2.13. The third kappa shape index (κ3) is 4.04. The average Bonchev–Trinajstić information content (AvgIpc) is 3.31. The highest BCUT2D eigenvalue weighted by Crippen LogP contribution is 2.23. The summed E-state index contributed by atoms with van der Waals surface area (Å²) in [5.41, 5.74) is 1.29. The number of hydrogen-bond acceptors (Lipinski definition) is 7. The van der Waals surface area contributed by atoms with Crippen molar-refractivity contribution in [2.45, 2.75) is 6.92 Å². The van der Waals surface area contributed by atoms with Crippen molar-refractivity contribution in [3.63, 3.8) is 0 Å². The zero-order chi connectivity index (χ0) is 18.5. The second-order valence-corrected chi connectivity index (χ2v) is 5.31. The van der Waals surface area contributed by atoms with Gasteiger partial charge in [-0.1, -0.05) is 29.4 Å². The maximum atomic E-state index is 12.0. The van der Waals surface area contributed by atoms with Crippen molar-refractivity contribution in [1.29, 1.82) is 0 Å². The standard InChI is InChI=1S/C18H14N2O6/c1-11(21)12-2-4-13(5-3-12)14-6-7-15(26-14)18(23)24-10-17(22)19-16-8-9-25-20-16/h2-9H,10H2,1H3,(H,19,20,22). The number of anilines is 1. The molecule has 0 spiro atoms. The molecule has 8 nitrogen and oxygen atoms in total. The van der Waals surface area contributed by atoms with Crippen LogP contribution >= 0.6 is 0 Å². The third-order valence-corrected chi connectivity index (χ3v) is 3.42. The number of furan rings is 1. The minimum absolute atomic E-state index is 0.0371. The molecule has 0 aliphatic rings. The Kier molecular flexibility index (Phi) is 4.93. The van der Waals surface area contributed by atoms with E-state index in [0.717, 1.165) is 0 Å². The van der Waals surface area contributed by atoms with E-state index in [0.29, 0.717) is 16.9 Å². The van der Waals surface area contributed by atoms with Crippen LogP contribution < -0.4 is 5.32 Å². The van der Waals surface area contributed by atoms with Gasteiger partial charge in [0.25, 0.3) is 5.91 Å². The maximum absolute atomic E-state index is 12.0. The molecule has 0 atom stereocenters. The number of hydrogen-bond donors (Lipinski definition) is 1. The fraction of sp³-hybridized carbons (Fsp3) is 0.111. The number of nitrogens with zero attached hydrogens (tertiary/aromatic N) is 1. The van der Waals surface area contributed by atoms with E-state index in [1.54, 1.807) is 30.3 Å². The number of ketones is 1. The van der Waals surface area contributed by atoms with Crippen LogP contribution in [0.2, 0.25) is 0 Å². The first kappa shape index (κ1) is 17.2. The number of amides is 1. The topological polar surface area (TPSA) is 112 Å². The highest BCUT2D eigenvalue weighted by molar-refractivity contribution is 5.95. The molecule has 2 aromatic heterocycles. The SMILES string of the molecule is CC(=O)c1ccc(-c2ccc(C(=O)OCC(=O)Nc3ccon3)o2)cc1. The molecule has 0 aliphatic heterocycles. The highest BCUT2D eigenvalue weighted by atomic mass is 16.5. The number of aromatic nitrogens is 1. The number of ether oxygens (including phenoxy) is 1. The summed E-state index contributed by atoms with van der Waals surface area (Å²) >= 11 is 0. The normalized spacial score (nSPS) is 10.3. The van der Waals surface area contributed by atoms with E-state index < -0.39 is 18.5 Å². The van der Waals surface area contributed by atoms with Crippen molar-refractivity contribution in [2.24, 2.45) is 0 Å². The Hall–Kier alpha value is -3.68. The van der Waals surface area contributed by atoms with Crippen molar-refractivity contribution < 1.29 is 28.1 Å². The Morgan fingerprint density at radius 1 is 1.08 bits per heavy atom. The molecule has 3 aromatic rings. The second-order valence-electron chi connectivity index (χ2n) is 5.31. The summed E-state index contributed by atoms with van der Waals surface area (Å²) in [5, 5.41) is 5.90. The summed E-state index contributed by atoms with van der Waals surface area (Å²) < 4.78 is 14.9. The van der Waals surface area contributed by atoms with E-state index in [1.807, 2.05) is 0 Å². The second kappa shape index (κ2) is 7.47. The Morgan fingerprint density at radius 3 is 2.50 bits per heavy atom. The fourth-order valence-electron chi connectivity index (χ4n) is 2.13. The molecule has 8 heteroatoms. The van der Waals surface area contributed by atoms with Gasteiger partial charge >= 0.3 is 5.97 Å². The van der Waals surface area contributed by atoms with Gasteiger partial charge in [-0.3, -0.25) is 9.59 Å². The maximum Gasteiger partial charge on any atom is 0.374 e. The lowest BCUT2D eigenvalue weighted by atomic mass is 10.1. The Bertz CT molecular complexity index is 925. The van der Waals surface area contributed by atoms with Crippen molar-refractivity contribution in [3.05, 3.63) is 60.1 Å². The molecule has 3 rings (SSSR count). The van der Waals surface area contributed by atoms with Crippen LogP contribution in [-0.4, -0.2) is 29.4 Å². The smallest absolute Gasteiger partial charge is 0.374 e. The number of carbonyl (C=O) groups is 3. The number of nitrogens with one attached hydrogen (secondary N) is 1. The molecule has 0 fully saturated rings. The lowest BCUT2D eigenvalue weighted by Gasteiger charge is -2.03. The van der Waals surface area contributed by atoms with Crippen LogP contribution in [0.1, 0.15) is 27.8 Å². The van der Waals surface area contributed by atoms with Crippen LogP contribution in [0, 0.1) is 0 Å². The molecule has 26 heavy (non-hydrogen) atoms. The van der Waals surface area contributed by atoms with Gasteiger partial charge in [0, 0.05) is 17.2 Å². The summed E-state index contributed by atoms with van der Waals surface area (Å²) in [4.78, 5) is 34.9. The zero-order valence-corrected chi connectivity index (χ0v) is 13.7. The van der Waals surface area contributed by atoms with Crippen LogP contribution in [-0.2, 0) is 9.53 Å². The largest absolute Gasteiger partial charge is 0.450 e. The quantitative estimate of drug-likeness (QED) is 0.535. The van der Waals surface area contributed by atoms with Gasteiger partial charge in [0.1, 0.15) is 12.0 Å². The minimum Gasteiger partial charge on any atom is -0.450 e. The van der Waals surface area contributed by atoms with E-state index in [-0.39, 0.29) is 17.4 Å². The molecule has 0 unspecified atom stereocenters. The van der Waals surface area contributed by atoms with Gasteiger partial charge in [-0.25, -0.2) is 4.79 Å². The Morgan fingerprint density at radius 2 is 1.85 bits per heavy atom. The summed E-state index contributed by atoms with van der Waals surface area (Å²) in [6.07, 6.45) is 1.30. The zero-order valence-electron chi connectivity index (χ0n) is 13.7. The summed E-state index contributed by atoms with van der Waals surface area (Å²) in [6, 6.07) is 11.3. The number of benzene rings is 1. The number of carbonyl (C=O) groups excluding carboxylic acids is 3. The van der Waals surface area contributed by atoms with Gasteiger partial charge in [0.2, 0.25) is 5.76 Å². The van der Waals surface area contributed by atoms with E-state index >= 15 is 0 Å². The van der Waals surface area contributed by atoms with E-state index in [9.17, 15) is 14.4 Å². The van der Waals surface area contributed by atoms with Crippen LogP contribution in [0.4, 0.5) is 5.82 Å². The summed E-state index contributed by atoms with van der Waals surface area (Å²) in [7, 11) is 0. The molecular formula is C18H14N2O6. The van der Waals surface area contributed by atoms with E-state index in [1.165, 1.54) is 25.3 Å². The number of rotatable bonds is 6. The average molecular weight is 354 g/mol. The third-order valence-electron chi connectivity index (χ3n) is 3.42. The summed E-state index contributed by atoms with van der Waals surface area (Å²) in [6.45, 7) is 0.990. The van der Waals surface area contributed by atoms with Crippen molar-refractivity contribution in [2.75, 3.05) is 11.9 Å². The molecule has 0 saturated carbocycles. The molecule has 2 heterocycles. The van der Waals surface area contributed by atoms with Crippen LogP contribution in [0.25, 0.3) is 11.3 Å². The molecule has 1 amide bonds. The van der Waals surface area contributed by atoms with Crippen molar-refractivity contribution in [3.8, 4) is 11.3 Å². The van der Waals surface area contributed by atoms with Crippen LogP contribution in [0.15, 0.2) is 57.7 Å². The molecule has 0 aliphatic carbocycles. The monoisotopic (exact) mass is 354 g/mol. The number of esters is 1. The van der Waals surface area contributed by atoms with Crippen LogP contribution in [0.5, 0.6) is 0 Å². The predicted octanol–water partition coefficient (Wildman–Crippen LogP) is 2.93. The lowest BCUT2D eigenvalue weighted by molar-refractivity contribution is -0.119. The van der Waals surface area contributed by atoms with Gasteiger partial charge in [0.15, 0.2) is 18.2 Å². The molecule has 0 radical (unpaired) electrons. The predicted molar refractivity (Wildman–Crippen MR) is 89.6 cm³/mol. The number of Topliss-reactive ketones (excluding diaryl/α,β-unsaturated/α-hetero) is 1. The Balaban J connectivity index is 1.59. The van der Waals surface area contributed by atoms with Gasteiger partial charge in [-0.05, 0) is 19.1 Å². The molecule has 132 valence electrons. The van der Waals surface area contributed by atoms with Gasteiger partial charge in [-0.15, -0.1) is 0 Å². The minimum atomic E-state index is -0.771. The first-order chi connectivity index (χ1) is 12.5. The van der Waals surface area contributed by atoms with Crippen molar-refractivity contribution in [1.82, 2.24) is 5.16 Å². The molecule has 1 N–H and O–H groups in total. The van der Waals surface area contributed by atoms with Gasteiger partial charge in [-0.2, -0.15) is 0 Å². The first-order valence-electron chi connectivity index (χ1n) is 7.61.